The van der Waals surface area contributed by atoms with Gasteiger partial charge in [0.1, 0.15) is 5.82 Å². The van der Waals surface area contributed by atoms with E-state index in [-0.39, 0.29) is 5.91 Å². The molecule has 2 aromatic rings. The quantitative estimate of drug-likeness (QED) is 0.939. The molecule has 0 atom stereocenters. The predicted octanol–water partition coefficient (Wildman–Crippen LogP) is 2.67. The fourth-order valence-electron chi connectivity index (χ4n) is 3.05. The number of benzene rings is 1. The number of carbonyl (C=O) groups excluding carboxylic acids is 1. The van der Waals surface area contributed by atoms with Gasteiger partial charge in [-0.2, -0.15) is 0 Å². The van der Waals surface area contributed by atoms with E-state index in [1.165, 1.54) is 0 Å². The van der Waals surface area contributed by atoms with Crippen molar-refractivity contribution in [2.45, 2.75) is 18.9 Å². The first-order valence-electron chi connectivity index (χ1n) is 8.40. The molecule has 1 saturated heterocycles. The van der Waals surface area contributed by atoms with E-state index in [1.54, 1.807) is 6.20 Å². The average molecular weight is 324 g/mol. The van der Waals surface area contributed by atoms with Crippen molar-refractivity contribution in [3.8, 4) is 0 Å². The molecule has 3 rings (SSSR count). The molecule has 1 aliphatic heterocycles. The zero-order valence-electron chi connectivity index (χ0n) is 14.3. The number of piperidine rings is 1. The maximum atomic E-state index is 12.6. The maximum absolute atomic E-state index is 12.6. The predicted molar refractivity (Wildman–Crippen MR) is 96.7 cm³/mol. The van der Waals surface area contributed by atoms with Crippen molar-refractivity contribution in [3.05, 3.63) is 54.2 Å². The average Bonchev–Trinajstić information content (AvgIpc) is 2.68. The van der Waals surface area contributed by atoms with Crippen molar-refractivity contribution >= 4 is 17.4 Å². The minimum Gasteiger partial charge on any atom is -0.338 e. The molecule has 5 nitrogen and oxygen atoms in total. The zero-order valence-corrected chi connectivity index (χ0v) is 14.3. The zero-order chi connectivity index (χ0) is 16.9. The van der Waals surface area contributed by atoms with Crippen LogP contribution in [0.4, 0.5) is 11.5 Å². The Hall–Kier alpha value is -2.40. The number of likely N-dealkylation sites (tertiary alicyclic amines) is 1. The molecule has 24 heavy (non-hydrogen) atoms. The largest absolute Gasteiger partial charge is 0.338 e. The maximum Gasteiger partial charge on any atom is 0.255 e. The molecule has 1 N–H and O–H groups in total. The molecule has 1 amide bonds. The highest BCUT2D eigenvalue weighted by Crippen LogP contribution is 2.21. The SMILES string of the molecule is CNC1CCN(C(=O)c2ccc(N(C)c3ccccc3)nc2)CC1. The van der Waals surface area contributed by atoms with Gasteiger partial charge in [-0.25, -0.2) is 4.98 Å². The van der Waals surface area contributed by atoms with Gasteiger partial charge in [-0.1, -0.05) is 18.2 Å². The summed E-state index contributed by atoms with van der Waals surface area (Å²) in [5, 5.41) is 3.28. The van der Waals surface area contributed by atoms with Crippen molar-refractivity contribution in [1.29, 1.82) is 0 Å². The van der Waals surface area contributed by atoms with Crippen LogP contribution in [0.1, 0.15) is 23.2 Å². The summed E-state index contributed by atoms with van der Waals surface area (Å²) >= 11 is 0. The Morgan fingerprint density at radius 2 is 1.88 bits per heavy atom. The number of hydrogen-bond acceptors (Lipinski definition) is 4. The second kappa shape index (κ2) is 7.45. The van der Waals surface area contributed by atoms with Gasteiger partial charge in [0, 0.05) is 38.1 Å². The van der Waals surface area contributed by atoms with Gasteiger partial charge >= 0.3 is 0 Å². The Morgan fingerprint density at radius 1 is 1.17 bits per heavy atom. The molecule has 126 valence electrons. The first-order valence-corrected chi connectivity index (χ1v) is 8.40. The van der Waals surface area contributed by atoms with Crippen LogP contribution in [0.25, 0.3) is 0 Å². The highest BCUT2D eigenvalue weighted by Gasteiger charge is 2.23. The van der Waals surface area contributed by atoms with Crippen molar-refractivity contribution in [2.24, 2.45) is 0 Å². The van der Waals surface area contributed by atoms with E-state index in [0.717, 1.165) is 37.4 Å². The summed E-state index contributed by atoms with van der Waals surface area (Å²) in [4.78, 5) is 21.0. The topological polar surface area (TPSA) is 48.5 Å². The molecule has 1 aliphatic rings. The Labute approximate surface area is 143 Å². The monoisotopic (exact) mass is 324 g/mol. The van der Waals surface area contributed by atoms with E-state index < -0.39 is 0 Å². The van der Waals surface area contributed by atoms with Crippen LogP contribution >= 0.6 is 0 Å². The molecule has 2 heterocycles. The Kier molecular flexibility index (Phi) is 5.11. The molecule has 0 unspecified atom stereocenters. The van der Waals surface area contributed by atoms with E-state index in [4.69, 9.17) is 0 Å². The van der Waals surface area contributed by atoms with Crippen molar-refractivity contribution in [3.63, 3.8) is 0 Å². The fourth-order valence-corrected chi connectivity index (χ4v) is 3.05. The van der Waals surface area contributed by atoms with Gasteiger partial charge in [-0.05, 0) is 44.2 Å². The van der Waals surface area contributed by atoms with Crippen molar-refractivity contribution in [2.75, 3.05) is 32.1 Å². The summed E-state index contributed by atoms with van der Waals surface area (Å²) in [5.74, 6) is 0.901. The smallest absolute Gasteiger partial charge is 0.255 e. The molecule has 0 saturated carbocycles. The van der Waals surface area contributed by atoms with Crippen LogP contribution in [-0.4, -0.2) is 49.0 Å². The summed E-state index contributed by atoms with van der Waals surface area (Å²) in [6.07, 6.45) is 3.69. The summed E-state index contributed by atoms with van der Waals surface area (Å²) in [6, 6.07) is 14.4. The van der Waals surface area contributed by atoms with Gasteiger partial charge < -0.3 is 15.1 Å². The van der Waals surface area contributed by atoms with E-state index in [2.05, 4.69) is 10.3 Å². The summed E-state index contributed by atoms with van der Waals surface area (Å²) in [5.41, 5.74) is 1.72. The van der Waals surface area contributed by atoms with Gasteiger partial charge in [0.15, 0.2) is 0 Å². The van der Waals surface area contributed by atoms with Crippen LogP contribution in [0.2, 0.25) is 0 Å². The Bertz CT molecular complexity index is 664. The lowest BCUT2D eigenvalue weighted by Gasteiger charge is -2.31. The van der Waals surface area contributed by atoms with Crippen LogP contribution in [-0.2, 0) is 0 Å². The minimum atomic E-state index is 0.0750. The second-order valence-electron chi connectivity index (χ2n) is 6.15. The number of pyridine rings is 1. The van der Waals surface area contributed by atoms with Gasteiger partial charge in [0.2, 0.25) is 0 Å². The van der Waals surface area contributed by atoms with Gasteiger partial charge in [-0.15, -0.1) is 0 Å². The number of carbonyl (C=O) groups is 1. The number of aromatic nitrogens is 1. The lowest BCUT2D eigenvalue weighted by molar-refractivity contribution is 0.0707. The molecular weight excluding hydrogens is 300 g/mol. The third kappa shape index (κ3) is 3.57. The van der Waals surface area contributed by atoms with Crippen molar-refractivity contribution in [1.82, 2.24) is 15.2 Å². The molecule has 1 fully saturated rings. The third-order valence-corrected chi connectivity index (χ3v) is 4.67. The Morgan fingerprint density at radius 3 is 2.46 bits per heavy atom. The van der Waals surface area contributed by atoms with Crippen LogP contribution in [0, 0.1) is 0 Å². The molecule has 1 aromatic heterocycles. The molecule has 0 spiro atoms. The van der Waals surface area contributed by atoms with Gasteiger partial charge in [0.05, 0.1) is 5.56 Å². The fraction of sp³-hybridized carbons (Fsp3) is 0.368. The van der Waals surface area contributed by atoms with Crippen molar-refractivity contribution < 1.29 is 4.79 Å². The van der Waals surface area contributed by atoms with Gasteiger partial charge in [0.25, 0.3) is 5.91 Å². The highest BCUT2D eigenvalue weighted by molar-refractivity contribution is 5.94. The normalized spacial score (nSPS) is 15.3. The number of nitrogens with zero attached hydrogens (tertiary/aromatic N) is 3. The van der Waals surface area contributed by atoms with Crippen LogP contribution in [0.5, 0.6) is 0 Å². The number of rotatable bonds is 4. The molecule has 5 heteroatoms. The lowest BCUT2D eigenvalue weighted by Crippen LogP contribution is -2.43. The number of hydrogen-bond donors (Lipinski definition) is 1. The minimum absolute atomic E-state index is 0.0750. The van der Waals surface area contributed by atoms with Crippen LogP contribution in [0.15, 0.2) is 48.7 Å². The van der Waals surface area contributed by atoms with Gasteiger partial charge in [-0.3, -0.25) is 4.79 Å². The number of anilines is 2. The molecule has 1 aromatic carbocycles. The molecule has 0 aliphatic carbocycles. The van der Waals surface area contributed by atoms with Crippen LogP contribution < -0.4 is 10.2 Å². The molecule has 0 radical (unpaired) electrons. The first-order chi connectivity index (χ1) is 11.7. The third-order valence-electron chi connectivity index (χ3n) is 4.67. The number of para-hydroxylation sites is 1. The number of nitrogens with one attached hydrogen (secondary N) is 1. The summed E-state index contributed by atoms with van der Waals surface area (Å²) < 4.78 is 0. The first kappa shape index (κ1) is 16.5. The summed E-state index contributed by atoms with van der Waals surface area (Å²) in [6.45, 7) is 1.60. The lowest BCUT2D eigenvalue weighted by atomic mass is 10.0. The second-order valence-corrected chi connectivity index (χ2v) is 6.15. The van der Waals surface area contributed by atoms with E-state index >= 15 is 0 Å². The van der Waals surface area contributed by atoms with E-state index in [9.17, 15) is 4.79 Å². The standard InChI is InChI=1S/C19H24N4O/c1-20-16-10-12-23(13-11-16)19(24)15-8-9-18(21-14-15)22(2)17-6-4-3-5-7-17/h3-9,14,16,20H,10-13H2,1-2H3. The number of amides is 1. The van der Waals surface area contributed by atoms with E-state index in [0.29, 0.717) is 11.6 Å². The summed E-state index contributed by atoms with van der Waals surface area (Å²) in [7, 11) is 3.95. The molecular formula is C19H24N4O. The molecule has 0 bridgehead atoms. The van der Waals surface area contributed by atoms with Crippen LogP contribution in [0.3, 0.4) is 0 Å². The van der Waals surface area contributed by atoms with E-state index in [1.807, 2.05) is 66.4 Å². The highest BCUT2D eigenvalue weighted by atomic mass is 16.2. The Balaban J connectivity index is 1.67.